The lowest BCUT2D eigenvalue weighted by atomic mass is 9.91. The van der Waals surface area contributed by atoms with Gasteiger partial charge in [0, 0.05) is 6.54 Å². The summed E-state index contributed by atoms with van der Waals surface area (Å²) < 4.78 is 0. The average Bonchev–Trinajstić information content (AvgIpc) is 3.12. The molecule has 160 valence electrons. The molecule has 5 rings (SSSR count). The van der Waals surface area contributed by atoms with Crippen molar-refractivity contribution in [3.05, 3.63) is 30.1 Å². The Morgan fingerprint density at radius 1 is 1.33 bits per heavy atom. The number of imidazole rings is 1. The molecule has 3 aliphatic rings. The molecule has 7 nitrogen and oxygen atoms in total. The van der Waals surface area contributed by atoms with E-state index in [4.69, 9.17) is 4.98 Å². The SMILES string of the molecule is O=CN(O)CC(CC1CCCC1)C(=O)N1CC2(CC2)C[C@H]1c1nc2ccccc2[nH]1. The molecule has 2 N–H and O–H groups in total. The van der Waals surface area contributed by atoms with Gasteiger partial charge in [-0.1, -0.05) is 37.8 Å². The van der Waals surface area contributed by atoms with E-state index in [1.54, 1.807) is 0 Å². The van der Waals surface area contributed by atoms with Crippen molar-refractivity contribution in [2.24, 2.45) is 17.3 Å². The van der Waals surface area contributed by atoms with Crippen molar-refractivity contribution in [1.82, 2.24) is 19.9 Å². The van der Waals surface area contributed by atoms with Crippen LogP contribution in [0.5, 0.6) is 0 Å². The van der Waals surface area contributed by atoms with Crippen LogP contribution in [0.1, 0.15) is 63.2 Å². The number of aromatic nitrogens is 2. The molecule has 1 saturated heterocycles. The van der Waals surface area contributed by atoms with E-state index in [9.17, 15) is 14.8 Å². The van der Waals surface area contributed by atoms with Gasteiger partial charge in [0.15, 0.2) is 0 Å². The highest BCUT2D eigenvalue weighted by molar-refractivity contribution is 5.81. The lowest BCUT2D eigenvalue weighted by Gasteiger charge is -2.30. The number of hydrogen-bond acceptors (Lipinski definition) is 4. The first-order chi connectivity index (χ1) is 14.6. The van der Waals surface area contributed by atoms with Crippen molar-refractivity contribution < 1.29 is 14.8 Å². The maximum Gasteiger partial charge on any atom is 0.233 e. The predicted molar refractivity (Wildman–Crippen MR) is 111 cm³/mol. The Morgan fingerprint density at radius 3 is 2.80 bits per heavy atom. The summed E-state index contributed by atoms with van der Waals surface area (Å²) in [5.41, 5.74) is 2.13. The second-order valence-corrected chi connectivity index (χ2v) is 9.64. The van der Waals surface area contributed by atoms with Gasteiger partial charge in [-0.25, -0.2) is 10.0 Å². The number of hydrogen-bond donors (Lipinski definition) is 2. The van der Waals surface area contributed by atoms with Crippen LogP contribution >= 0.6 is 0 Å². The number of rotatable bonds is 7. The van der Waals surface area contributed by atoms with E-state index in [-0.39, 0.29) is 29.8 Å². The number of fused-ring (bicyclic) bond motifs is 1. The van der Waals surface area contributed by atoms with Crippen LogP contribution in [0.15, 0.2) is 24.3 Å². The summed E-state index contributed by atoms with van der Waals surface area (Å²) in [6, 6.07) is 7.88. The molecule has 1 unspecified atom stereocenters. The lowest BCUT2D eigenvalue weighted by Crippen LogP contribution is -2.41. The zero-order valence-corrected chi connectivity index (χ0v) is 17.3. The Hall–Kier alpha value is -2.41. The highest BCUT2D eigenvalue weighted by Gasteiger charge is 2.55. The molecule has 2 aromatic rings. The predicted octanol–water partition coefficient (Wildman–Crippen LogP) is 3.66. The molecule has 2 heterocycles. The van der Waals surface area contributed by atoms with Crippen LogP contribution in [-0.2, 0) is 9.59 Å². The number of aromatic amines is 1. The van der Waals surface area contributed by atoms with Gasteiger partial charge in [0.25, 0.3) is 0 Å². The summed E-state index contributed by atoms with van der Waals surface area (Å²) in [5, 5.41) is 10.5. The van der Waals surface area contributed by atoms with Crippen LogP contribution in [0.2, 0.25) is 0 Å². The number of nitrogens with one attached hydrogen (secondary N) is 1. The highest BCUT2D eigenvalue weighted by atomic mass is 16.5. The van der Waals surface area contributed by atoms with Crippen LogP contribution in [0, 0.1) is 17.3 Å². The monoisotopic (exact) mass is 410 g/mol. The van der Waals surface area contributed by atoms with Crippen LogP contribution in [-0.4, -0.2) is 50.5 Å². The largest absolute Gasteiger partial charge is 0.340 e. The minimum absolute atomic E-state index is 0.0528. The molecule has 7 heteroatoms. The van der Waals surface area contributed by atoms with E-state index in [0.29, 0.717) is 17.4 Å². The minimum Gasteiger partial charge on any atom is -0.340 e. The Labute approximate surface area is 176 Å². The van der Waals surface area contributed by atoms with Crippen molar-refractivity contribution in [3.8, 4) is 0 Å². The quantitative estimate of drug-likeness (QED) is 0.414. The number of para-hydroxylation sites is 2. The second kappa shape index (κ2) is 7.69. The van der Waals surface area contributed by atoms with Gasteiger partial charge in [-0.05, 0) is 49.1 Å². The summed E-state index contributed by atoms with van der Waals surface area (Å²) >= 11 is 0. The fourth-order valence-electron chi connectivity index (χ4n) is 5.61. The van der Waals surface area contributed by atoms with Gasteiger partial charge < -0.3 is 9.88 Å². The molecular formula is C23H30N4O3. The minimum atomic E-state index is -0.371. The molecule has 1 spiro atoms. The normalized spacial score (nSPS) is 23.9. The summed E-state index contributed by atoms with van der Waals surface area (Å²) in [5.74, 6) is 1.03. The van der Waals surface area contributed by atoms with E-state index in [0.717, 1.165) is 61.9 Å². The van der Waals surface area contributed by atoms with Gasteiger partial charge in [-0.3, -0.25) is 14.8 Å². The fourth-order valence-corrected chi connectivity index (χ4v) is 5.61. The molecule has 3 fully saturated rings. The molecule has 0 radical (unpaired) electrons. The van der Waals surface area contributed by atoms with Gasteiger partial charge >= 0.3 is 0 Å². The lowest BCUT2D eigenvalue weighted by molar-refractivity contribution is -0.157. The Morgan fingerprint density at radius 2 is 2.10 bits per heavy atom. The van der Waals surface area contributed by atoms with Crippen LogP contribution in [0.3, 0.4) is 0 Å². The van der Waals surface area contributed by atoms with E-state index in [2.05, 4.69) is 4.98 Å². The van der Waals surface area contributed by atoms with Gasteiger partial charge in [0.05, 0.1) is 29.5 Å². The summed E-state index contributed by atoms with van der Waals surface area (Å²) in [6.45, 7) is 0.816. The average molecular weight is 411 g/mol. The van der Waals surface area contributed by atoms with Crippen molar-refractivity contribution in [2.75, 3.05) is 13.1 Å². The third-order valence-corrected chi connectivity index (χ3v) is 7.44. The Balaban J connectivity index is 1.41. The number of carbonyl (C=O) groups excluding carboxylic acids is 2. The first-order valence-corrected chi connectivity index (χ1v) is 11.2. The standard InChI is InChI=1S/C23H30N4O3/c28-15-26(30)13-17(11-16-5-1-2-6-16)22(29)27-14-23(9-10-23)12-20(27)21-24-18-7-3-4-8-19(18)25-21/h3-4,7-8,15-17,20,30H,1-2,5-6,9-14H2,(H,24,25)/t17?,20-/m0/s1. The van der Waals surface area contributed by atoms with Gasteiger partial charge in [-0.2, -0.15) is 0 Å². The Kier molecular flexibility index (Phi) is 5.01. The third kappa shape index (κ3) is 3.71. The number of benzene rings is 1. The first-order valence-electron chi connectivity index (χ1n) is 11.2. The molecular weight excluding hydrogens is 380 g/mol. The van der Waals surface area contributed by atoms with Crippen molar-refractivity contribution >= 4 is 23.4 Å². The van der Waals surface area contributed by atoms with Crippen LogP contribution in [0.4, 0.5) is 0 Å². The number of hydroxylamine groups is 2. The number of amides is 2. The van der Waals surface area contributed by atoms with E-state index in [1.165, 1.54) is 12.8 Å². The number of likely N-dealkylation sites (tertiary alicyclic amines) is 1. The molecule has 30 heavy (non-hydrogen) atoms. The summed E-state index contributed by atoms with van der Waals surface area (Å²) in [7, 11) is 0. The molecule has 2 saturated carbocycles. The third-order valence-electron chi connectivity index (χ3n) is 7.44. The zero-order valence-electron chi connectivity index (χ0n) is 17.3. The molecule has 2 amide bonds. The van der Waals surface area contributed by atoms with Gasteiger partial charge in [0.1, 0.15) is 5.82 Å². The molecule has 0 bridgehead atoms. The summed E-state index contributed by atoms with van der Waals surface area (Å²) in [4.78, 5) is 35.0. The van der Waals surface area contributed by atoms with Gasteiger partial charge in [0.2, 0.25) is 12.3 Å². The number of nitrogens with zero attached hydrogens (tertiary/aromatic N) is 3. The number of carbonyl (C=O) groups is 2. The smallest absolute Gasteiger partial charge is 0.233 e. The van der Waals surface area contributed by atoms with Gasteiger partial charge in [-0.15, -0.1) is 0 Å². The molecule has 1 aromatic carbocycles. The number of H-pyrrole nitrogens is 1. The highest BCUT2D eigenvalue weighted by Crippen LogP contribution is 2.58. The topological polar surface area (TPSA) is 89.5 Å². The van der Waals surface area contributed by atoms with Crippen molar-refractivity contribution in [2.45, 2.75) is 57.4 Å². The van der Waals surface area contributed by atoms with Crippen molar-refractivity contribution in [3.63, 3.8) is 0 Å². The first kappa shape index (κ1) is 19.5. The van der Waals surface area contributed by atoms with Crippen LogP contribution < -0.4 is 0 Å². The fraction of sp³-hybridized carbons (Fsp3) is 0.609. The molecule has 1 aliphatic heterocycles. The zero-order chi connectivity index (χ0) is 20.7. The van der Waals surface area contributed by atoms with Crippen molar-refractivity contribution in [1.29, 1.82) is 0 Å². The Bertz CT molecular complexity index is 898. The second-order valence-electron chi connectivity index (χ2n) is 9.64. The maximum absolute atomic E-state index is 13.7. The molecule has 1 aromatic heterocycles. The molecule has 2 aliphatic carbocycles. The van der Waals surface area contributed by atoms with E-state index < -0.39 is 0 Å². The van der Waals surface area contributed by atoms with E-state index in [1.807, 2.05) is 29.2 Å². The maximum atomic E-state index is 13.7. The van der Waals surface area contributed by atoms with Crippen LogP contribution in [0.25, 0.3) is 11.0 Å². The van der Waals surface area contributed by atoms with E-state index >= 15 is 0 Å². The summed E-state index contributed by atoms with van der Waals surface area (Å²) in [6.07, 6.45) is 9.05. The molecule has 2 atom stereocenters.